The van der Waals surface area contributed by atoms with Crippen LogP contribution in [0, 0.1) is 6.42 Å². The molecule has 1 radical (unpaired) electrons. The van der Waals surface area contributed by atoms with Crippen LogP contribution < -0.4 is 0 Å². The topological polar surface area (TPSA) is 12.5 Å². The number of rotatable bonds is 4. The number of ether oxygens (including phenoxy) is 1. The molecule has 0 aromatic heterocycles. The summed E-state index contributed by atoms with van der Waals surface area (Å²) in [7, 11) is 0. The molecule has 0 amide bonds. The number of hydrogen-bond donors (Lipinski definition) is 0. The highest BCUT2D eigenvalue weighted by Gasteiger charge is 2.28. The summed E-state index contributed by atoms with van der Waals surface area (Å²) in [5, 5.41) is 0. The molecule has 99 valence electrons. The summed E-state index contributed by atoms with van der Waals surface area (Å²) in [5.41, 5.74) is 1.38. The van der Waals surface area contributed by atoms with Crippen LogP contribution >= 0.6 is 11.8 Å². The van der Waals surface area contributed by atoms with Gasteiger partial charge >= 0.3 is 0 Å². The van der Waals surface area contributed by atoms with Crippen LogP contribution in [0.15, 0.2) is 29.2 Å². The van der Waals surface area contributed by atoms with Gasteiger partial charge in [-0.25, -0.2) is 0 Å². The first-order valence-electron chi connectivity index (χ1n) is 6.44. The molecule has 1 saturated heterocycles. The van der Waals surface area contributed by atoms with E-state index in [0.717, 1.165) is 26.3 Å². The van der Waals surface area contributed by atoms with Crippen molar-refractivity contribution in [3.63, 3.8) is 0 Å². The minimum absolute atomic E-state index is 0.0880. The molecule has 1 aliphatic heterocycles. The minimum atomic E-state index is 0.0880. The Morgan fingerprint density at radius 3 is 2.33 bits per heavy atom. The van der Waals surface area contributed by atoms with Gasteiger partial charge < -0.3 is 4.74 Å². The molecule has 3 heteroatoms. The fraction of sp³-hybridized carbons (Fsp3) is 0.533. The fourth-order valence-electron chi connectivity index (χ4n) is 2.34. The lowest BCUT2D eigenvalue weighted by Crippen LogP contribution is -2.50. The third-order valence-electron chi connectivity index (χ3n) is 3.46. The molecule has 1 aromatic carbocycles. The molecular formula is C15H22NOS. The first-order chi connectivity index (χ1) is 8.62. The predicted octanol–water partition coefficient (Wildman–Crippen LogP) is 3.07. The van der Waals surface area contributed by atoms with E-state index in [4.69, 9.17) is 4.74 Å². The van der Waals surface area contributed by atoms with Gasteiger partial charge in [0.15, 0.2) is 0 Å². The molecule has 0 spiro atoms. The van der Waals surface area contributed by atoms with Gasteiger partial charge in [-0.05, 0) is 37.8 Å². The van der Waals surface area contributed by atoms with Crippen molar-refractivity contribution >= 4 is 11.8 Å². The van der Waals surface area contributed by atoms with Crippen molar-refractivity contribution in [2.24, 2.45) is 0 Å². The molecule has 18 heavy (non-hydrogen) atoms. The fourth-order valence-corrected chi connectivity index (χ4v) is 2.75. The van der Waals surface area contributed by atoms with E-state index in [9.17, 15) is 0 Å². The summed E-state index contributed by atoms with van der Waals surface area (Å²) in [6.45, 7) is 8.30. The molecule has 2 nitrogen and oxygen atoms in total. The summed E-state index contributed by atoms with van der Waals surface area (Å²) >= 11 is 1.78. The van der Waals surface area contributed by atoms with Gasteiger partial charge in [-0.1, -0.05) is 12.1 Å². The zero-order valence-electron chi connectivity index (χ0n) is 11.5. The maximum absolute atomic E-state index is 5.42. The van der Waals surface area contributed by atoms with Crippen LogP contribution in [0.25, 0.3) is 0 Å². The molecule has 0 bridgehead atoms. The summed E-state index contributed by atoms with van der Waals surface area (Å²) in [6.07, 6.45) is 4.46. The molecule has 0 N–H and O–H groups in total. The Kier molecular flexibility index (Phi) is 4.71. The largest absolute Gasteiger partial charge is 0.379 e. The molecule has 2 rings (SSSR count). The van der Waals surface area contributed by atoms with E-state index in [1.165, 1.54) is 10.5 Å². The number of nitrogens with zero attached hydrogens (tertiary/aromatic N) is 1. The first-order valence-corrected chi connectivity index (χ1v) is 7.67. The Labute approximate surface area is 115 Å². The van der Waals surface area contributed by atoms with Crippen molar-refractivity contribution < 1.29 is 4.74 Å². The van der Waals surface area contributed by atoms with Crippen molar-refractivity contribution in [2.45, 2.75) is 24.3 Å². The summed E-state index contributed by atoms with van der Waals surface area (Å²) in [5.74, 6) is 0. The van der Waals surface area contributed by atoms with E-state index >= 15 is 0 Å². The second-order valence-corrected chi connectivity index (χ2v) is 6.05. The van der Waals surface area contributed by atoms with Crippen LogP contribution in [-0.2, 0) is 4.74 Å². The van der Waals surface area contributed by atoms with Gasteiger partial charge in [-0.3, -0.25) is 4.90 Å². The Morgan fingerprint density at radius 1 is 1.17 bits per heavy atom. The molecule has 0 unspecified atom stereocenters. The molecule has 0 atom stereocenters. The third kappa shape index (κ3) is 3.50. The van der Waals surface area contributed by atoms with Crippen molar-refractivity contribution in [3.05, 3.63) is 36.2 Å². The minimum Gasteiger partial charge on any atom is -0.379 e. The van der Waals surface area contributed by atoms with Crippen LogP contribution in [0.4, 0.5) is 0 Å². The zero-order chi connectivity index (χ0) is 13.0. The highest BCUT2D eigenvalue weighted by molar-refractivity contribution is 7.98. The third-order valence-corrected chi connectivity index (χ3v) is 4.21. The number of benzene rings is 1. The van der Waals surface area contributed by atoms with Crippen molar-refractivity contribution in [1.82, 2.24) is 4.90 Å². The first kappa shape index (κ1) is 13.9. The quantitative estimate of drug-likeness (QED) is 0.776. The highest BCUT2D eigenvalue weighted by atomic mass is 32.2. The average Bonchev–Trinajstić information content (AvgIpc) is 2.40. The van der Waals surface area contributed by atoms with E-state index in [2.05, 4.69) is 55.7 Å². The molecule has 1 aliphatic rings. The predicted molar refractivity (Wildman–Crippen MR) is 78.1 cm³/mol. The second-order valence-electron chi connectivity index (χ2n) is 5.17. The zero-order valence-corrected chi connectivity index (χ0v) is 12.3. The van der Waals surface area contributed by atoms with Gasteiger partial charge in [0.25, 0.3) is 0 Å². The normalized spacial score (nSPS) is 17.9. The van der Waals surface area contributed by atoms with Gasteiger partial charge in [0.2, 0.25) is 0 Å². The van der Waals surface area contributed by atoms with Crippen molar-refractivity contribution in [1.29, 1.82) is 0 Å². The van der Waals surface area contributed by atoms with Crippen LogP contribution in [0.1, 0.15) is 19.4 Å². The van der Waals surface area contributed by atoms with E-state index in [0.29, 0.717) is 0 Å². The van der Waals surface area contributed by atoms with Crippen molar-refractivity contribution in [2.75, 3.05) is 32.6 Å². The van der Waals surface area contributed by atoms with E-state index < -0.39 is 0 Å². The van der Waals surface area contributed by atoms with Gasteiger partial charge in [0.1, 0.15) is 0 Å². The molecule has 1 aromatic rings. The average molecular weight is 264 g/mol. The van der Waals surface area contributed by atoms with Crippen LogP contribution in [-0.4, -0.2) is 43.0 Å². The SMILES string of the molecule is CSc1ccc([CH]C(C)(C)N2CCOCC2)cc1. The Morgan fingerprint density at radius 2 is 1.78 bits per heavy atom. The summed E-state index contributed by atoms with van der Waals surface area (Å²) in [6, 6.07) is 8.78. The van der Waals surface area contributed by atoms with Gasteiger partial charge in [-0.15, -0.1) is 11.8 Å². The number of morpholine rings is 1. The van der Waals surface area contributed by atoms with E-state index in [1.807, 2.05) is 0 Å². The van der Waals surface area contributed by atoms with Crippen LogP contribution in [0.3, 0.4) is 0 Å². The highest BCUT2D eigenvalue weighted by Crippen LogP contribution is 2.25. The Balaban J connectivity index is 2.01. The van der Waals surface area contributed by atoms with Crippen LogP contribution in [0.2, 0.25) is 0 Å². The number of thioether (sulfide) groups is 1. The molecule has 1 heterocycles. The Bertz CT molecular complexity index is 369. The van der Waals surface area contributed by atoms with Gasteiger partial charge in [-0.2, -0.15) is 0 Å². The van der Waals surface area contributed by atoms with E-state index in [1.54, 1.807) is 11.8 Å². The maximum Gasteiger partial charge on any atom is 0.0594 e. The lowest BCUT2D eigenvalue weighted by Gasteiger charge is -2.40. The standard InChI is InChI=1S/C15H22NOS/c1-15(2,16-8-10-17-11-9-16)12-13-4-6-14(18-3)7-5-13/h4-7,12H,8-11H2,1-3H3. The van der Waals surface area contributed by atoms with Crippen molar-refractivity contribution in [3.8, 4) is 0 Å². The van der Waals surface area contributed by atoms with Crippen LogP contribution in [0.5, 0.6) is 0 Å². The molecule has 0 aliphatic carbocycles. The van der Waals surface area contributed by atoms with Gasteiger partial charge in [0, 0.05) is 29.9 Å². The summed E-state index contributed by atoms with van der Waals surface area (Å²) < 4.78 is 5.42. The monoisotopic (exact) mass is 264 g/mol. The lowest BCUT2D eigenvalue weighted by molar-refractivity contribution is 0.00111. The molecule has 0 saturated carbocycles. The molecular weight excluding hydrogens is 242 g/mol. The Hall–Kier alpha value is -0.510. The van der Waals surface area contributed by atoms with E-state index in [-0.39, 0.29) is 5.54 Å². The number of hydrogen-bond acceptors (Lipinski definition) is 3. The summed E-state index contributed by atoms with van der Waals surface area (Å²) in [4.78, 5) is 3.80. The maximum atomic E-state index is 5.42. The second kappa shape index (κ2) is 6.09. The lowest BCUT2D eigenvalue weighted by atomic mass is 9.92. The van der Waals surface area contributed by atoms with Gasteiger partial charge in [0.05, 0.1) is 13.2 Å². The molecule has 1 fully saturated rings. The smallest absolute Gasteiger partial charge is 0.0594 e.